The Bertz CT molecular complexity index is 1070. The van der Waals surface area contributed by atoms with Crippen LogP contribution in [0.15, 0.2) is 42.2 Å². The molecule has 4 rings (SSSR count). The van der Waals surface area contributed by atoms with Crippen molar-refractivity contribution in [1.29, 1.82) is 5.41 Å². The first kappa shape index (κ1) is 16.1. The molecule has 0 saturated carbocycles. The van der Waals surface area contributed by atoms with Crippen LogP contribution in [0.5, 0.6) is 5.75 Å². The summed E-state index contributed by atoms with van der Waals surface area (Å²) in [6, 6.07) is 8.33. The second kappa shape index (κ2) is 5.83. The van der Waals surface area contributed by atoms with Crippen LogP contribution >= 0.6 is 0 Å². The van der Waals surface area contributed by atoms with E-state index in [4.69, 9.17) is 10.1 Å². The molecule has 0 unspecified atom stereocenters. The average molecular weight is 356 g/mol. The number of H-pyrrole nitrogens is 1. The summed E-state index contributed by atoms with van der Waals surface area (Å²) in [6.45, 7) is -0.100. The number of hydrogen-bond acceptors (Lipinski definition) is 4. The number of aromatic amines is 1. The molecular formula is C18H14F2N4O2. The van der Waals surface area contributed by atoms with Crippen molar-refractivity contribution >= 4 is 28.1 Å². The number of benzene rings is 2. The molecular weight excluding hydrogens is 342 g/mol. The number of rotatable bonds is 3. The van der Waals surface area contributed by atoms with Gasteiger partial charge < -0.3 is 19.7 Å². The van der Waals surface area contributed by atoms with Crippen molar-refractivity contribution in [2.45, 2.75) is 0 Å². The highest BCUT2D eigenvalue weighted by Gasteiger charge is 2.32. The minimum Gasteiger partial charge on any atom is -0.509 e. The Labute approximate surface area is 146 Å². The third kappa shape index (κ3) is 2.46. The Morgan fingerprint density at radius 2 is 2.04 bits per heavy atom. The van der Waals surface area contributed by atoms with Gasteiger partial charge in [0.2, 0.25) is 0 Å². The van der Waals surface area contributed by atoms with Gasteiger partial charge in [0.1, 0.15) is 34.8 Å². The van der Waals surface area contributed by atoms with Crippen LogP contribution in [0.25, 0.3) is 16.6 Å². The summed E-state index contributed by atoms with van der Waals surface area (Å²) in [6.07, 6.45) is 0. The van der Waals surface area contributed by atoms with Gasteiger partial charge in [0, 0.05) is 12.1 Å². The molecule has 0 amide bonds. The van der Waals surface area contributed by atoms with E-state index in [-0.39, 0.29) is 29.4 Å². The predicted octanol–water partition coefficient (Wildman–Crippen LogP) is 3.62. The Balaban J connectivity index is 1.73. The fourth-order valence-electron chi connectivity index (χ4n) is 2.97. The predicted molar refractivity (Wildman–Crippen MR) is 93.6 cm³/mol. The van der Waals surface area contributed by atoms with Crippen molar-refractivity contribution in [3.05, 3.63) is 59.6 Å². The summed E-state index contributed by atoms with van der Waals surface area (Å²) < 4.78 is 32.4. The number of fused-ring (bicyclic) bond motifs is 1. The summed E-state index contributed by atoms with van der Waals surface area (Å²) in [5, 5.41) is 18.7. The number of hydrogen-bond donors (Lipinski definition) is 3. The first-order valence-corrected chi connectivity index (χ1v) is 7.75. The van der Waals surface area contributed by atoms with Gasteiger partial charge in [-0.1, -0.05) is 0 Å². The lowest BCUT2D eigenvalue weighted by molar-refractivity contribution is 0.411. The molecule has 1 aliphatic heterocycles. The number of aliphatic hydroxyl groups is 1. The van der Waals surface area contributed by atoms with E-state index < -0.39 is 11.6 Å². The van der Waals surface area contributed by atoms with Crippen molar-refractivity contribution < 1.29 is 18.6 Å². The second-order valence-electron chi connectivity index (χ2n) is 5.82. The normalized spacial score (nSPS) is 14.6. The Morgan fingerprint density at radius 1 is 1.23 bits per heavy atom. The lowest BCUT2D eigenvalue weighted by Gasteiger charge is -2.19. The van der Waals surface area contributed by atoms with E-state index in [1.165, 1.54) is 11.0 Å². The summed E-state index contributed by atoms with van der Waals surface area (Å²) in [4.78, 5) is 8.68. The number of methoxy groups -OCH3 is 1. The number of aromatic nitrogens is 2. The van der Waals surface area contributed by atoms with Crippen molar-refractivity contribution in [2.24, 2.45) is 0 Å². The minimum atomic E-state index is -0.807. The van der Waals surface area contributed by atoms with Gasteiger partial charge in [0.25, 0.3) is 0 Å². The number of nitrogens with zero attached hydrogens (tertiary/aromatic N) is 2. The SMILES string of the molecule is COc1ccc2nc(C3=C(O)CN(c4ccc(F)cc4F)C3=N)[nH]c2c1. The first-order chi connectivity index (χ1) is 12.5. The monoisotopic (exact) mass is 356 g/mol. The quantitative estimate of drug-likeness (QED) is 0.669. The van der Waals surface area contributed by atoms with Crippen LogP contribution in [0.2, 0.25) is 0 Å². The van der Waals surface area contributed by atoms with Crippen LogP contribution in [0.3, 0.4) is 0 Å². The smallest absolute Gasteiger partial charge is 0.149 e. The maximum atomic E-state index is 14.1. The van der Waals surface area contributed by atoms with Gasteiger partial charge in [0.15, 0.2) is 0 Å². The number of nitrogens with one attached hydrogen (secondary N) is 2. The molecule has 0 bridgehead atoms. The second-order valence-corrected chi connectivity index (χ2v) is 5.82. The topological polar surface area (TPSA) is 85.2 Å². The van der Waals surface area contributed by atoms with Gasteiger partial charge >= 0.3 is 0 Å². The van der Waals surface area contributed by atoms with E-state index in [1.54, 1.807) is 25.3 Å². The van der Waals surface area contributed by atoms with Crippen molar-refractivity contribution in [2.75, 3.05) is 18.6 Å². The highest BCUT2D eigenvalue weighted by molar-refractivity contribution is 6.30. The van der Waals surface area contributed by atoms with Crippen molar-refractivity contribution in [1.82, 2.24) is 9.97 Å². The molecule has 1 aromatic heterocycles. The lowest BCUT2D eigenvalue weighted by atomic mass is 10.2. The molecule has 0 aliphatic carbocycles. The van der Waals surface area contributed by atoms with E-state index >= 15 is 0 Å². The third-order valence-corrected chi connectivity index (χ3v) is 4.23. The summed E-state index contributed by atoms with van der Waals surface area (Å²) in [5.41, 5.74) is 1.50. The molecule has 2 heterocycles. The fourth-order valence-corrected chi connectivity index (χ4v) is 2.97. The van der Waals surface area contributed by atoms with E-state index in [0.29, 0.717) is 22.6 Å². The van der Waals surface area contributed by atoms with E-state index in [0.717, 1.165) is 12.1 Å². The van der Waals surface area contributed by atoms with Gasteiger partial charge in [-0.3, -0.25) is 5.41 Å². The Morgan fingerprint density at radius 3 is 2.77 bits per heavy atom. The lowest BCUT2D eigenvalue weighted by Crippen LogP contribution is -2.27. The van der Waals surface area contributed by atoms with Gasteiger partial charge in [-0.25, -0.2) is 13.8 Å². The first-order valence-electron chi connectivity index (χ1n) is 7.75. The minimum absolute atomic E-state index is 0.00994. The zero-order valence-corrected chi connectivity index (χ0v) is 13.7. The van der Waals surface area contributed by atoms with Crippen LogP contribution in [-0.4, -0.2) is 34.6 Å². The zero-order valence-electron chi connectivity index (χ0n) is 13.7. The molecule has 8 heteroatoms. The molecule has 3 aromatic rings. The molecule has 132 valence electrons. The molecule has 3 N–H and O–H groups in total. The molecule has 1 aliphatic rings. The number of aliphatic hydroxyl groups excluding tert-OH is 1. The number of imidazole rings is 1. The molecule has 2 aromatic carbocycles. The number of halogens is 2. The average Bonchev–Trinajstić information content (AvgIpc) is 3.14. The zero-order chi connectivity index (χ0) is 18.4. The maximum absolute atomic E-state index is 14.1. The molecule has 0 atom stereocenters. The third-order valence-electron chi connectivity index (χ3n) is 4.23. The van der Waals surface area contributed by atoms with Crippen LogP contribution in [0.1, 0.15) is 5.82 Å². The van der Waals surface area contributed by atoms with Crippen molar-refractivity contribution in [3.8, 4) is 5.75 Å². The van der Waals surface area contributed by atoms with Crippen LogP contribution in [-0.2, 0) is 0 Å². The van der Waals surface area contributed by atoms with Gasteiger partial charge in [-0.15, -0.1) is 0 Å². The van der Waals surface area contributed by atoms with Gasteiger partial charge in [-0.2, -0.15) is 0 Å². The van der Waals surface area contributed by atoms with Gasteiger partial charge in [0.05, 0.1) is 35.9 Å². The number of amidine groups is 1. The van der Waals surface area contributed by atoms with E-state index in [2.05, 4.69) is 9.97 Å². The van der Waals surface area contributed by atoms with Crippen LogP contribution in [0, 0.1) is 17.0 Å². The van der Waals surface area contributed by atoms with E-state index in [1.807, 2.05) is 0 Å². The molecule has 0 spiro atoms. The van der Waals surface area contributed by atoms with E-state index in [9.17, 15) is 13.9 Å². The fraction of sp³-hybridized carbons (Fsp3) is 0.111. The standard InChI is InChI=1S/C18H14F2N4O2/c1-26-10-3-4-12-13(7-10)23-18(22-12)16-15(25)8-24(17(16)21)14-5-2-9(19)6-11(14)20/h2-7,21,25H,8H2,1H3,(H,22,23). The largest absolute Gasteiger partial charge is 0.509 e. The van der Waals surface area contributed by atoms with Crippen molar-refractivity contribution in [3.63, 3.8) is 0 Å². The Kier molecular flexibility index (Phi) is 3.61. The van der Waals surface area contributed by atoms with Crippen LogP contribution < -0.4 is 9.64 Å². The summed E-state index contributed by atoms with van der Waals surface area (Å²) >= 11 is 0. The van der Waals surface area contributed by atoms with Gasteiger partial charge in [-0.05, 0) is 24.3 Å². The summed E-state index contributed by atoms with van der Waals surface area (Å²) in [7, 11) is 1.55. The Hall–Kier alpha value is -3.42. The molecule has 0 saturated heterocycles. The molecule has 6 nitrogen and oxygen atoms in total. The molecule has 0 radical (unpaired) electrons. The highest BCUT2D eigenvalue weighted by atomic mass is 19.1. The number of anilines is 1. The molecule has 26 heavy (non-hydrogen) atoms. The summed E-state index contributed by atoms with van der Waals surface area (Å²) in [5.74, 6) is -0.828. The highest BCUT2D eigenvalue weighted by Crippen LogP contribution is 2.32. The number of ether oxygens (including phenoxy) is 1. The maximum Gasteiger partial charge on any atom is 0.149 e. The van der Waals surface area contributed by atoms with Crippen LogP contribution in [0.4, 0.5) is 14.5 Å². The molecule has 0 fully saturated rings.